The molecule has 3 aromatic rings. The number of carbonyl (C=O) groups excluding carboxylic acids is 2. The van der Waals surface area contributed by atoms with Crippen LogP contribution < -0.4 is 5.32 Å². The first-order valence-corrected chi connectivity index (χ1v) is 8.10. The molecular weight excluding hydrogens is 370 g/mol. The second-order valence-corrected chi connectivity index (χ2v) is 6.21. The second-order valence-electron chi connectivity index (χ2n) is 5.29. The predicted molar refractivity (Wildman–Crippen MR) is 98.0 cm³/mol. The fraction of sp³-hybridized carbons (Fsp3) is 0.0526. The summed E-state index contributed by atoms with van der Waals surface area (Å²) in [5.74, 6) is -0.0209. The molecule has 0 fully saturated rings. The standard InChI is InChI=1S/C19H14BrNO3/c1-12(22)21-16-6-2-13(3-7-16)4-8-17(23)19-11-14-10-15(20)5-9-18(14)24-19/h2-11H,1H3,(H,21,22). The SMILES string of the molecule is CC(=O)Nc1ccc(C=CC(=O)c2cc3cc(Br)ccc3o2)cc1. The van der Waals surface area contributed by atoms with Crippen molar-refractivity contribution >= 4 is 50.4 Å². The van der Waals surface area contributed by atoms with Gasteiger partial charge in [-0.2, -0.15) is 0 Å². The van der Waals surface area contributed by atoms with Gasteiger partial charge >= 0.3 is 0 Å². The van der Waals surface area contributed by atoms with Gasteiger partial charge in [0.1, 0.15) is 5.58 Å². The zero-order valence-corrected chi connectivity index (χ0v) is 14.5. The molecule has 0 unspecified atom stereocenters. The van der Waals surface area contributed by atoms with Crippen molar-refractivity contribution in [1.29, 1.82) is 0 Å². The molecule has 120 valence electrons. The number of hydrogen-bond donors (Lipinski definition) is 1. The summed E-state index contributed by atoms with van der Waals surface area (Å²) in [5.41, 5.74) is 2.25. The smallest absolute Gasteiger partial charge is 0.221 e. The Bertz CT molecular complexity index is 939. The van der Waals surface area contributed by atoms with E-state index in [1.165, 1.54) is 13.0 Å². The summed E-state index contributed by atoms with van der Waals surface area (Å²) in [6, 6.07) is 14.5. The van der Waals surface area contributed by atoms with E-state index in [1.807, 2.05) is 30.3 Å². The number of hydrogen-bond acceptors (Lipinski definition) is 3. The summed E-state index contributed by atoms with van der Waals surface area (Å²) in [6.45, 7) is 1.46. The average Bonchev–Trinajstić information content (AvgIpc) is 2.96. The quantitative estimate of drug-likeness (QED) is 0.506. The van der Waals surface area contributed by atoms with Crippen LogP contribution in [-0.4, -0.2) is 11.7 Å². The molecule has 0 aliphatic heterocycles. The lowest BCUT2D eigenvalue weighted by molar-refractivity contribution is -0.114. The van der Waals surface area contributed by atoms with Gasteiger partial charge in [-0.25, -0.2) is 0 Å². The monoisotopic (exact) mass is 383 g/mol. The van der Waals surface area contributed by atoms with E-state index in [4.69, 9.17) is 4.42 Å². The molecule has 4 nitrogen and oxygen atoms in total. The number of nitrogens with one attached hydrogen (secondary N) is 1. The van der Waals surface area contributed by atoms with Gasteiger partial charge in [0, 0.05) is 22.5 Å². The van der Waals surface area contributed by atoms with Crippen molar-refractivity contribution in [3.63, 3.8) is 0 Å². The Morgan fingerprint density at radius 2 is 1.83 bits per heavy atom. The zero-order valence-electron chi connectivity index (χ0n) is 12.9. The van der Waals surface area contributed by atoms with Crippen LogP contribution in [0.5, 0.6) is 0 Å². The molecule has 1 amide bonds. The van der Waals surface area contributed by atoms with Crippen LogP contribution in [0.1, 0.15) is 23.0 Å². The van der Waals surface area contributed by atoms with E-state index in [0.29, 0.717) is 17.0 Å². The molecule has 0 aliphatic rings. The first-order chi connectivity index (χ1) is 11.5. The maximum atomic E-state index is 12.2. The van der Waals surface area contributed by atoms with Gasteiger partial charge < -0.3 is 9.73 Å². The van der Waals surface area contributed by atoms with Gasteiger partial charge in [-0.3, -0.25) is 9.59 Å². The van der Waals surface area contributed by atoms with Crippen molar-refractivity contribution < 1.29 is 14.0 Å². The largest absolute Gasteiger partial charge is 0.453 e. The van der Waals surface area contributed by atoms with Crippen LogP contribution in [0.3, 0.4) is 0 Å². The topological polar surface area (TPSA) is 59.3 Å². The van der Waals surface area contributed by atoms with Crippen LogP contribution in [0.2, 0.25) is 0 Å². The third kappa shape index (κ3) is 3.81. The molecule has 0 radical (unpaired) electrons. The number of furan rings is 1. The van der Waals surface area contributed by atoms with Gasteiger partial charge in [0.2, 0.25) is 11.7 Å². The average molecular weight is 384 g/mol. The first-order valence-electron chi connectivity index (χ1n) is 7.30. The summed E-state index contributed by atoms with van der Waals surface area (Å²) in [5, 5.41) is 3.57. The molecule has 0 atom stereocenters. The fourth-order valence-corrected chi connectivity index (χ4v) is 2.65. The van der Waals surface area contributed by atoms with Crippen LogP contribution in [-0.2, 0) is 4.79 Å². The summed E-state index contributed by atoms with van der Waals surface area (Å²) in [4.78, 5) is 23.2. The highest BCUT2D eigenvalue weighted by molar-refractivity contribution is 9.10. The molecule has 0 aliphatic carbocycles. The number of rotatable bonds is 4. The Kier molecular flexibility index (Phi) is 4.62. The predicted octanol–water partition coefficient (Wildman–Crippen LogP) is 5.05. The van der Waals surface area contributed by atoms with Crippen LogP contribution in [0.15, 0.2) is 63.5 Å². The van der Waals surface area contributed by atoms with E-state index in [-0.39, 0.29) is 11.7 Å². The van der Waals surface area contributed by atoms with Gasteiger partial charge in [0.05, 0.1) is 0 Å². The molecule has 2 aromatic carbocycles. The number of fused-ring (bicyclic) bond motifs is 1. The fourth-order valence-electron chi connectivity index (χ4n) is 2.27. The zero-order chi connectivity index (χ0) is 17.1. The Balaban J connectivity index is 1.75. The number of allylic oxidation sites excluding steroid dienone is 1. The van der Waals surface area contributed by atoms with E-state index in [0.717, 1.165) is 15.4 Å². The van der Waals surface area contributed by atoms with Gasteiger partial charge in [-0.05, 0) is 48.0 Å². The lowest BCUT2D eigenvalue weighted by Crippen LogP contribution is -2.05. The molecule has 3 rings (SSSR count). The normalized spacial score (nSPS) is 11.1. The van der Waals surface area contributed by atoms with Crippen LogP contribution in [0.4, 0.5) is 5.69 Å². The van der Waals surface area contributed by atoms with E-state index >= 15 is 0 Å². The number of amides is 1. The number of anilines is 1. The van der Waals surface area contributed by atoms with Gasteiger partial charge in [-0.1, -0.05) is 34.1 Å². The second kappa shape index (κ2) is 6.84. The van der Waals surface area contributed by atoms with Crippen molar-refractivity contribution in [2.24, 2.45) is 0 Å². The van der Waals surface area contributed by atoms with E-state index in [2.05, 4.69) is 21.2 Å². The van der Waals surface area contributed by atoms with Crippen molar-refractivity contribution in [2.45, 2.75) is 6.92 Å². The minimum atomic E-state index is -0.201. The summed E-state index contributed by atoms with van der Waals surface area (Å²) >= 11 is 3.39. The van der Waals surface area contributed by atoms with Crippen LogP contribution in [0.25, 0.3) is 17.0 Å². The highest BCUT2D eigenvalue weighted by Crippen LogP contribution is 2.24. The number of benzene rings is 2. The van der Waals surface area contributed by atoms with Crippen LogP contribution in [0, 0.1) is 0 Å². The molecule has 0 bridgehead atoms. The third-order valence-electron chi connectivity index (χ3n) is 3.38. The molecule has 1 N–H and O–H groups in total. The molecule has 0 saturated carbocycles. The van der Waals surface area contributed by atoms with Crippen molar-refractivity contribution in [3.8, 4) is 0 Å². The van der Waals surface area contributed by atoms with Gasteiger partial charge in [0.25, 0.3) is 0 Å². The Morgan fingerprint density at radius 3 is 2.54 bits per heavy atom. The number of carbonyl (C=O) groups is 2. The van der Waals surface area contributed by atoms with Crippen molar-refractivity contribution in [1.82, 2.24) is 0 Å². The minimum absolute atomic E-state index is 0.120. The number of halogens is 1. The van der Waals surface area contributed by atoms with E-state index in [1.54, 1.807) is 24.3 Å². The maximum Gasteiger partial charge on any atom is 0.221 e. The highest BCUT2D eigenvalue weighted by Gasteiger charge is 2.09. The molecule has 1 aromatic heterocycles. The molecule has 0 saturated heterocycles. The molecule has 0 spiro atoms. The maximum absolute atomic E-state index is 12.2. The summed E-state index contributed by atoms with van der Waals surface area (Å²) < 4.78 is 6.50. The minimum Gasteiger partial charge on any atom is -0.453 e. The molecule has 5 heteroatoms. The van der Waals surface area contributed by atoms with Gasteiger partial charge in [0.15, 0.2) is 5.76 Å². The summed E-state index contributed by atoms with van der Waals surface area (Å²) in [6.07, 6.45) is 3.18. The van der Waals surface area contributed by atoms with Gasteiger partial charge in [-0.15, -0.1) is 0 Å². The Morgan fingerprint density at radius 1 is 1.08 bits per heavy atom. The molecular formula is C19H14BrNO3. The molecule has 24 heavy (non-hydrogen) atoms. The Labute approximate surface area is 147 Å². The third-order valence-corrected chi connectivity index (χ3v) is 3.87. The van der Waals surface area contributed by atoms with Crippen LogP contribution >= 0.6 is 15.9 Å². The first kappa shape index (κ1) is 16.2. The lowest BCUT2D eigenvalue weighted by atomic mass is 10.1. The van der Waals surface area contributed by atoms with Crippen molar-refractivity contribution in [3.05, 3.63) is 70.4 Å². The van der Waals surface area contributed by atoms with E-state index in [9.17, 15) is 9.59 Å². The molecule has 1 heterocycles. The Hall–Kier alpha value is -2.66. The number of ketones is 1. The van der Waals surface area contributed by atoms with Crippen molar-refractivity contribution in [2.75, 3.05) is 5.32 Å². The lowest BCUT2D eigenvalue weighted by Gasteiger charge is -2.01. The summed E-state index contributed by atoms with van der Waals surface area (Å²) in [7, 11) is 0. The highest BCUT2D eigenvalue weighted by atomic mass is 79.9. The van der Waals surface area contributed by atoms with E-state index < -0.39 is 0 Å².